The van der Waals surface area contributed by atoms with Gasteiger partial charge in [0.05, 0.1) is 5.56 Å². The monoisotopic (exact) mass is 341 g/mol. The van der Waals surface area contributed by atoms with Crippen LogP contribution in [-0.2, 0) is 6.54 Å². The minimum Gasteiger partial charge on any atom is -0.478 e. The van der Waals surface area contributed by atoms with Crippen molar-refractivity contribution in [3.63, 3.8) is 0 Å². The molecule has 0 aliphatic carbocycles. The third-order valence-corrected chi connectivity index (χ3v) is 3.17. The number of carboxylic acids is 1. The molecule has 2 aromatic rings. The molecule has 0 amide bonds. The van der Waals surface area contributed by atoms with Crippen LogP contribution in [0, 0.1) is 11.6 Å². The van der Waals surface area contributed by atoms with E-state index in [1.807, 2.05) is 0 Å². The van der Waals surface area contributed by atoms with E-state index in [2.05, 4.69) is 21.2 Å². The number of aromatic carboxylic acids is 1. The van der Waals surface area contributed by atoms with Crippen LogP contribution in [0.4, 0.5) is 14.5 Å². The fraction of sp³-hybridized carbons (Fsp3) is 0.0714. The number of carbonyl (C=O) groups is 1. The molecule has 104 valence electrons. The van der Waals surface area contributed by atoms with E-state index in [0.717, 1.165) is 12.1 Å². The molecule has 2 rings (SSSR count). The number of rotatable bonds is 4. The van der Waals surface area contributed by atoms with E-state index < -0.39 is 17.6 Å². The van der Waals surface area contributed by atoms with E-state index in [1.165, 1.54) is 12.1 Å². The molecule has 6 heteroatoms. The lowest BCUT2D eigenvalue weighted by Crippen LogP contribution is -2.06. The molecule has 0 atom stereocenters. The third kappa shape index (κ3) is 3.33. The van der Waals surface area contributed by atoms with E-state index in [4.69, 9.17) is 5.11 Å². The number of hydrogen-bond acceptors (Lipinski definition) is 2. The summed E-state index contributed by atoms with van der Waals surface area (Å²) in [6.45, 7) is 0.194. The highest BCUT2D eigenvalue weighted by molar-refractivity contribution is 9.10. The molecule has 0 bridgehead atoms. The molecular weight excluding hydrogens is 332 g/mol. The van der Waals surface area contributed by atoms with Gasteiger partial charge in [-0.2, -0.15) is 0 Å². The summed E-state index contributed by atoms with van der Waals surface area (Å²) in [6, 6.07) is 8.31. The van der Waals surface area contributed by atoms with Crippen molar-refractivity contribution in [2.75, 3.05) is 5.32 Å². The summed E-state index contributed by atoms with van der Waals surface area (Å²) < 4.78 is 26.5. The second-order valence-electron chi connectivity index (χ2n) is 4.10. The maximum absolute atomic E-state index is 13.1. The van der Waals surface area contributed by atoms with Crippen molar-refractivity contribution in [2.45, 2.75) is 6.54 Å². The van der Waals surface area contributed by atoms with E-state index in [9.17, 15) is 13.6 Å². The average molecular weight is 342 g/mol. The lowest BCUT2D eigenvalue weighted by atomic mass is 10.1. The molecule has 0 heterocycles. The molecule has 0 saturated carbocycles. The normalized spacial score (nSPS) is 10.3. The number of nitrogens with one attached hydrogen (secondary N) is 1. The molecule has 3 nitrogen and oxygen atoms in total. The third-order valence-electron chi connectivity index (χ3n) is 2.68. The van der Waals surface area contributed by atoms with Crippen molar-refractivity contribution in [1.82, 2.24) is 0 Å². The molecule has 0 fully saturated rings. The molecule has 0 saturated heterocycles. The fourth-order valence-corrected chi connectivity index (χ4v) is 2.06. The Morgan fingerprint density at radius 2 is 1.90 bits per heavy atom. The standard InChI is InChI=1S/C14H10BrF2NO2/c15-9-2-4-13(10(6-9)14(19)20)18-7-8-1-3-11(16)12(17)5-8/h1-6,18H,7H2,(H,19,20). The van der Waals surface area contributed by atoms with Crippen LogP contribution in [0.25, 0.3) is 0 Å². The van der Waals surface area contributed by atoms with Gasteiger partial charge in [-0.15, -0.1) is 0 Å². The van der Waals surface area contributed by atoms with E-state index >= 15 is 0 Å². The Labute approximate surface area is 122 Å². The Bertz CT molecular complexity index is 662. The summed E-state index contributed by atoms with van der Waals surface area (Å²) in [4.78, 5) is 11.1. The lowest BCUT2D eigenvalue weighted by Gasteiger charge is -2.10. The van der Waals surface area contributed by atoms with Crippen molar-refractivity contribution < 1.29 is 18.7 Å². The second-order valence-corrected chi connectivity index (χ2v) is 5.01. The van der Waals surface area contributed by atoms with Gasteiger partial charge in [0.15, 0.2) is 11.6 Å². The van der Waals surface area contributed by atoms with Gasteiger partial charge in [0, 0.05) is 16.7 Å². The van der Waals surface area contributed by atoms with Gasteiger partial charge in [0.2, 0.25) is 0 Å². The minimum atomic E-state index is -1.07. The van der Waals surface area contributed by atoms with Crippen LogP contribution < -0.4 is 5.32 Å². The zero-order valence-electron chi connectivity index (χ0n) is 10.2. The Morgan fingerprint density at radius 1 is 1.15 bits per heavy atom. The first kappa shape index (κ1) is 14.5. The van der Waals surface area contributed by atoms with E-state index in [1.54, 1.807) is 12.1 Å². The first-order valence-electron chi connectivity index (χ1n) is 5.68. The summed E-state index contributed by atoms with van der Waals surface area (Å²) >= 11 is 3.20. The van der Waals surface area contributed by atoms with E-state index in [0.29, 0.717) is 15.7 Å². The SMILES string of the molecule is O=C(O)c1cc(Br)ccc1NCc1ccc(F)c(F)c1. The molecule has 0 aromatic heterocycles. The van der Waals surface area contributed by atoms with Gasteiger partial charge < -0.3 is 10.4 Å². The van der Waals surface area contributed by atoms with Gasteiger partial charge in [-0.25, -0.2) is 13.6 Å². The predicted molar refractivity (Wildman–Crippen MR) is 74.8 cm³/mol. The van der Waals surface area contributed by atoms with E-state index in [-0.39, 0.29) is 12.1 Å². The summed E-state index contributed by atoms with van der Waals surface area (Å²) in [5, 5.41) is 12.0. The smallest absolute Gasteiger partial charge is 0.337 e. The number of anilines is 1. The van der Waals surface area contributed by atoms with Crippen molar-refractivity contribution in [3.05, 3.63) is 63.6 Å². The number of hydrogen-bond donors (Lipinski definition) is 2. The van der Waals surface area contributed by atoms with Crippen LogP contribution in [0.2, 0.25) is 0 Å². The summed E-state index contributed by atoms with van der Waals surface area (Å²) in [7, 11) is 0. The molecule has 0 unspecified atom stereocenters. The van der Waals surface area contributed by atoms with Crippen molar-refractivity contribution in [2.24, 2.45) is 0 Å². The largest absolute Gasteiger partial charge is 0.478 e. The van der Waals surface area contributed by atoms with Crippen LogP contribution >= 0.6 is 15.9 Å². The highest BCUT2D eigenvalue weighted by Gasteiger charge is 2.10. The molecule has 0 aliphatic rings. The van der Waals surface area contributed by atoms with Gasteiger partial charge >= 0.3 is 5.97 Å². The number of carboxylic acid groups (broad SMARTS) is 1. The van der Waals surface area contributed by atoms with Crippen LogP contribution in [0.15, 0.2) is 40.9 Å². The maximum atomic E-state index is 13.1. The predicted octanol–water partition coefficient (Wildman–Crippen LogP) is 4.04. The topological polar surface area (TPSA) is 49.3 Å². The van der Waals surface area contributed by atoms with Crippen molar-refractivity contribution in [1.29, 1.82) is 0 Å². The first-order valence-corrected chi connectivity index (χ1v) is 6.47. The molecule has 0 radical (unpaired) electrons. The Morgan fingerprint density at radius 3 is 2.55 bits per heavy atom. The summed E-state index contributed by atoms with van der Waals surface area (Å²) in [5.41, 5.74) is 1.02. The molecule has 20 heavy (non-hydrogen) atoms. The lowest BCUT2D eigenvalue weighted by molar-refractivity contribution is 0.0698. The average Bonchev–Trinajstić information content (AvgIpc) is 2.41. The molecule has 0 spiro atoms. The molecular formula is C14H10BrF2NO2. The van der Waals surface area contributed by atoms with Gasteiger partial charge in [0.25, 0.3) is 0 Å². The first-order chi connectivity index (χ1) is 9.47. The molecule has 2 N–H and O–H groups in total. The zero-order chi connectivity index (χ0) is 14.7. The minimum absolute atomic E-state index is 0.0990. The quantitative estimate of drug-likeness (QED) is 0.882. The summed E-state index contributed by atoms with van der Waals surface area (Å²) in [5.74, 6) is -2.92. The van der Waals surface area contributed by atoms with Crippen molar-refractivity contribution >= 4 is 27.6 Å². The molecule has 2 aromatic carbocycles. The Balaban J connectivity index is 2.18. The van der Waals surface area contributed by atoms with Gasteiger partial charge in [-0.1, -0.05) is 22.0 Å². The van der Waals surface area contributed by atoms with Gasteiger partial charge in [0.1, 0.15) is 0 Å². The number of halogens is 3. The van der Waals surface area contributed by atoms with Gasteiger partial charge in [-0.05, 0) is 35.9 Å². The van der Waals surface area contributed by atoms with Crippen LogP contribution in [0.5, 0.6) is 0 Å². The fourth-order valence-electron chi connectivity index (χ4n) is 1.69. The van der Waals surface area contributed by atoms with Crippen LogP contribution in [0.3, 0.4) is 0 Å². The van der Waals surface area contributed by atoms with Crippen molar-refractivity contribution in [3.8, 4) is 0 Å². The second kappa shape index (κ2) is 6.00. The van der Waals surface area contributed by atoms with Crippen LogP contribution in [-0.4, -0.2) is 11.1 Å². The number of benzene rings is 2. The highest BCUT2D eigenvalue weighted by Crippen LogP contribution is 2.22. The summed E-state index contributed by atoms with van der Waals surface area (Å²) in [6.07, 6.45) is 0. The Hall–Kier alpha value is -1.95. The Kier molecular flexibility index (Phi) is 4.34. The van der Waals surface area contributed by atoms with Crippen LogP contribution in [0.1, 0.15) is 15.9 Å². The van der Waals surface area contributed by atoms with Gasteiger partial charge in [-0.3, -0.25) is 0 Å². The zero-order valence-corrected chi connectivity index (χ0v) is 11.7. The maximum Gasteiger partial charge on any atom is 0.337 e. The molecule has 0 aliphatic heterocycles. The highest BCUT2D eigenvalue weighted by atomic mass is 79.9.